The summed E-state index contributed by atoms with van der Waals surface area (Å²) in [5.74, 6) is 2.00. The number of hydrogen-bond acceptors (Lipinski definition) is 4. The first-order chi connectivity index (χ1) is 13.6. The lowest BCUT2D eigenvalue weighted by Gasteiger charge is -2.07. The zero-order valence-electron chi connectivity index (χ0n) is 14.8. The van der Waals surface area contributed by atoms with Crippen molar-refractivity contribution in [3.63, 3.8) is 0 Å². The minimum atomic E-state index is 0.406. The molecule has 0 fully saturated rings. The van der Waals surface area contributed by atoms with Gasteiger partial charge in [-0.3, -0.25) is 0 Å². The predicted molar refractivity (Wildman–Crippen MR) is 120 cm³/mol. The van der Waals surface area contributed by atoms with Gasteiger partial charge in [0.15, 0.2) is 5.17 Å². The Labute approximate surface area is 178 Å². The second-order valence-corrected chi connectivity index (χ2v) is 7.52. The Morgan fingerprint density at radius 1 is 0.929 bits per heavy atom. The van der Waals surface area contributed by atoms with E-state index in [1.54, 1.807) is 24.4 Å². The van der Waals surface area contributed by atoms with Crippen molar-refractivity contribution in [1.82, 2.24) is 0 Å². The monoisotopic (exact) mass is 429 g/mol. The number of benzene rings is 3. The van der Waals surface area contributed by atoms with E-state index in [-0.39, 0.29) is 0 Å². The van der Waals surface area contributed by atoms with E-state index >= 15 is 0 Å². The van der Waals surface area contributed by atoms with E-state index in [0.717, 1.165) is 11.3 Å². The van der Waals surface area contributed by atoms with E-state index in [9.17, 15) is 0 Å². The molecule has 0 atom stereocenters. The molecule has 0 spiro atoms. The van der Waals surface area contributed by atoms with Crippen molar-refractivity contribution < 1.29 is 4.74 Å². The van der Waals surface area contributed by atoms with E-state index in [4.69, 9.17) is 33.7 Å². The van der Waals surface area contributed by atoms with Gasteiger partial charge in [-0.25, -0.2) is 0 Å². The number of thioether (sulfide) groups is 1. The van der Waals surface area contributed by atoms with Crippen molar-refractivity contribution in [3.8, 4) is 11.5 Å². The van der Waals surface area contributed by atoms with Gasteiger partial charge in [0.05, 0.1) is 16.3 Å². The highest BCUT2D eigenvalue weighted by Crippen LogP contribution is 2.29. The molecule has 0 saturated carbocycles. The van der Waals surface area contributed by atoms with Crippen LogP contribution in [0.1, 0.15) is 11.1 Å². The molecule has 3 aromatic carbocycles. The van der Waals surface area contributed by atoms with Crippen molar-refractivity contribution in [1.29, 1.82) is 0 Å². The zero-order valence-corrected chi connectivity index (χ0v) is 17.1. The molecule has 0 saturated heterocycles. The maximum atomic E-state index is 6.01. The van der Waals surface area contributed by atoms with Gasteiger partial charge in [0, 0.05) is 11.8 Å². The second-order valence-electron chi connectivity index (χ2n) is 5.71. The summed E-state index contributed by atoms with van der Waals surface area (Å²) in [6.45, 7) is 0. The second kappa shape index (κ2) is 10.2. The number of ether oxygens (including phenoxy) is 1. The smallest absolute Gasteiger partial charge is 0.180 e. The van der Waals surface area contributed by atoms with Crippen LogP contribution in [0.25, 0.3) is 0 Å². The number of nitrogens with two attached hydrogens (primary N) is 1. The molecule has 0 heterocycles. The van der Waals surface area contributed by atoms with Crippen LogP contribution in [-0.4, -0.2) is 11.4 Å². The summed E-state index contributed by atoms with van der Waals surface area (Å²) in [6, 6.07) is 22.6. The van der Waals surface area contributed by atoms with Crippen LogP contribution in [0.15, 0.2) is 83.0 Å². The molecule has 3 aromatic rings. The van der Waals surface area contributed by atoms with E-state index < -0.39 is 0 Å². The lowest BCUT2D eigenvalue weighted by atomic mass is 10.2. The van der Waals surface area contributed by atoms with Crippen molar-refractivity contribution in [3.05, 3.63) is 94.0 Å². The first-order valence-electron chi connectivity index (χ1n) is 8.36. The van der Waals surface area contributed by atoms with Gasteiger partial charge in [-0.2, -0.15) is 5.10 Å². The molecule has 0 aliphatic rings. The average Bonchev–Trinajstić information content (AvgIpc) is 2.70. The van der Waals surface area contributed by atoms with E-state index in [2.05, 4.69) is 10.2 Å². The van der Waals surface area contributed by atoms with Crippen molar-refractivity contribution in [2.24, 2.45) is 15.9 Å². The zero-order chi connectivity index (χ0) is 19.8. The third-order valence-corrected chi connectivity index (χ3v) is 5.17. The standard InChI is InChI=1S/C21H17Cl2N3OS/c22-19-10-9-18(12-20(19)23)27-17-8-4-7-16(11-17)13-25-26-21(24)28-14-15-5-2-1-3-6-15/h1-13H,14H2,(H2,24,26). The van der Waals surface area contributed by atoms with Crippen LogP contribution < -0.4 is 10.5 Å². The third-order valence-electron chi connectivity index (χ3n) is 3.58. The Morgan fingerprint density at radius 2 is 1.71 bits per heavy atom. The van der Waals surface area contributed by atoms with E-state index in [1.165, 1.54) is 17.3 Å². The Bertz CT molecular complexity index is 994. The molecule has 2 N–H and O–H groups in total. The minimum absolute atomic E-state index is 0.406. The average molecular weight is 430 g/mol. The van der Waals surface area contributed by atoms with Crippen molar-refractivity contribution >= 4 is 46.3 Å². The van der Waals surface area contributed by atoms with Gasteiger partial charge >= 0.3 is 0 Å². The molecule has 0 aliphatic carbocycles. The van der Waals surface area contributed by atoms with Crippen LogP contribution in [0.3, 0.4) is 0 Å². The summed E-state index contributed by atoms with van der Waals surface area (Å²) in [5.41, 5.74) is 7.91. The summed E-state index contributed by atoms with van der Waals surface area (Å²) < 4.78 is 5.80. The van der Waals surface area contributed by atoms with Gasteiger partial charge in [0.25, 0.3) is 0 Å². The quantitative estimate of drug-likeness (QED) is 0.281. The van der Waals surface area contributed by atoms with Crippen molar-refractivity contribution in [2.75, 3.05) is 0 Å². The topological polar surface area (TPSA) is 60.0 Å². The van der Waals surface area contributed by atoms with Gasteiger partial charge < -0.3 is 10.5 Å². The molecule has 0 bridgehead atoms. The van der Waals surface area contributed by atoms with Gasteiger partial charge in [-0.05, 0) is 35.4 Å². The Kier molecular flexibility index (Phi) is 7.37. The summed E-state index contributed by atoms with van der Waals surface area (Å²) in [6.07, 6.45) is 1.62. The van der Waals surface area contributed by atoms with Gasteiger partial charge in [0.1, 0.15) is 11.5 Å². The molecule has 3 rings (SSSR count). The molecule has 0 radical (unpaired) electrons. The van der Waals surface area contributed by atoms with Crippen LogP contribution in [-0.2, 0) is 5.75 Å². The third kappa shape index (κ3) is 6.30. The Balaban J connectivity index is 1.59. The predicted octanol–water partition coefficient (Wildman–Crippen LogP) is 6.37. The Morgan fingerprint density at radius 3 is 2.50 bits per heavy atom. The fourth-order valence-corrected chi connectivity index (χ4v) is 3.15. The van der Waals surface area contributed by atoms with Crippen molar-refractivity contribution in [2.45, 2.75) is 5.75 Å². The fraction of sp³-hybridized carbons (Fsp3) is 0.0476. The highest BCUT2D eigenvalue weighted by atomic mass is 35.5. The first-order valence-corrected chi connectivity index (χ1v) is 10.1. The van der Waals surface area contributed by atoms with E-state index in [1.807, 2.05) is 54.6 Å². The molecule has 0 unspecified atom stereocenters. The number of halogens is 2. The molecular formula is C21H17Cl2N3OS. The SMILES string of the molecule is NC(=NN=Cc1cccc(Oc2ccc(Cl)c(Cl)c2)c1)SCc1ccccc1. The molecule has 0 amide bonds. The van der Waals surface area contributed by atoms with Gasteiger partial charge in [-0.1, -0.05) is 77.4 Å². The Hall–Kier alpha value is -2.47. The number of nitrogens with zero attached hydrogens (tertiary/aromatic N) is 2. The van der Waals surface area contributed by atoms with Crippen LogP contribution in [0.5, 0.6) is 11.5 Å². The lowest BCUT2D eigenvalue weighted by molar-refractivity contribution is 0.482. The summed E-state index contributed by atoms with van der Waals surface area (Å²) in [7, 11) is 0. The van der Waals surface area contributed by atoms with Crippen LogP contribution >= 0.6 is 35.0 Å². The number of hydrogen-bond donors (Lipinski definition) is 1. The van der Waals surface area contributed by atoms with Crippen LogP contribution in [0, 0.1) is 0 Å². The highest BCUT2D eigenvalue weighted by molar-refractivity contribution is 8.13. The highest BCUT2D eigenvalue weighted by Gasteiger charge is 2.02. The molecular weight excluding hydrogens is 413 g/mol. The normalized spacial score (nSPS) is 11.7. The minimum Gasteiger partial charge on any atom is -0.457 e. The first kappa shape index (κ1) is 20.3. The fourth-order valence-electron chi connectivity index (χ4n) is 2.25. The summed E-state index contributed by atoms with van der Waals surface area (Å²) in [4.78, 5) is 0. The molecule has 4 nitrogen and oxygen atoms in total. The molecule has 0 aliphatic heterocycles. The maximum Gasteiger partial charge on any atom is 0.180 e. The largest absolute Gasteiger partial charge is 0.457 e. The molecule has 7 heteroatoms. The summed E-state index contributed by atoms with van der Waals surface area (Å²) in [5, 5.41) is 9.40. The number of rotatable bonds is 6. The lowest BCUT2D eigenvalue weighted by Crippen LogP contribution is -2.05. The van der Waals surface area contributed by atoms with Gasteiger partial charge in [0.2, 0.25) is 0 Å². The molecule has 28 heavy (non-hydrogen) atoms. The summed E-state index contributed by atoms with van der Waals surface area (Å²) >= 11 is 13.4. The number of amidine groups is 1. The maximum absolute atomic E-state index is 6.01. The molecule has 0 aromatic heterocycles. The van der Waals surface area contributed by atoms with Gasteiger partial charge in [-0.15, -0.1) is 5.10 Å². The van der Waals surface area contributed by atoms with Crippen LogP contribution in [0.2, 0.25) is 10.0 Å². The van der Waals surface area contributed by atoms with Crippen LogP contribution in [0.4, 0.5) is 0 Å². The van der Waals surface area contributed by atoms with E-state index in [0.29, 0.717) is 26.7 Å². The molecule has 142 valence electrons.